The molecule has 0 bridgehead atoms. The largest absolute Gasteiger partial charge is 0.396 e. The predicted octanol–water partition coefficient (Wildman–Crippen LogP) is 4.07. The number of nitrogens with zero attached hydrogens (tertiary/aromatic N) is 2. The van der Waals surface area contributed by atoms with Crippen LogP contribution in [0.2, 0.25) is 0 Å². The van der Waals surface area contributed by atoms with Crippen molar-refractivity contribution in [2.45, 2.75) is 39.5 Å². The van der Waals surface area contributed by atoms with E-state index in [2.05, 4.69) is 11.9 Å². The molecule has 1 fully saturated rings. The lowest BCUT2D eigenvalue weighted by Gasteiger charge is -2.42. The summed E-state index contributed by atoms with van der Waals surface area (Å²) in [7, 11) is 0. The highest BCUT2D eigenvalue weighted by molar-refractivity contribution is 6.01. The molecule has 26 heavy (non-hydrogen) atoms. The van der Waals surface area contributed by atoms with E-state index in [4.69, 9.17) is 0 Å². The lowest BCUT2D eigenvalue weighted by Crippen LogP contribution is -2.48. The Hall–Kier alpha value is -2.20. The number of amides is 1. The van der Waals surface area contributed by atoms with Crippen LogP contribution >= 0.6 is 0 Å². The zero-order valence-electron chi connectivity index (χ0n) is 15.7. The molecule has 1 atom stereocenters. The van der Waals surface area contributed by atoms with E-state index >= 15 is 0 Å². The first kappa shape index (κ1) is 18.6. The van der Waals surface area contributed by atoms with Crippen molar-refractivity contribution < 1.29 is 9.90 Å². The molecule has 1 amide bonds. The molecule has 1 saturated heterocycles. The molecular weight excluding hydrogens is 324 g/mol. The van der Waals surface area contributed by atoms with Gasteiger partial charge in [0.25, 0.3) is 5.91 Å². The molecule has 4 nitrogen and oxygen atoms in total. The molecule has 1 aliphatic heterocycles. The van der Waals surface area contributed by atoms with Gasteiger partial charge in [0.2, 0.25) is 0 Å². The van der Waals surface area contributed by atoms with Crippen LogP contribution in [-0.4, -0.2) is 40.6 Å². The normalized spacial score (nSPS) is 20.2. The summed E-state index contributed by atoms with van der Waals surface area (Å²) in [4.78, 5) is 19.7. The summed E-state index contributed by atoms with van der Waals surface area (Å²) in [6, 6.07) is 11.9. The van der Waals surface area contributed by atoms with Crippen LogP contribution in [0.5, 0.6) is 0 Å². The van der Waals surface area contributed by atoms with Gasteiger partial charge in [0.15, 0.2) is 0 Å². The topological polar surface area (TPSA) is 53.4 Å². The number of pyridine rings is 1. The van der Waals surface area contributed by atoms with Crippen molar-refractivity contribution in [1.29, 1.82) is 0 Å². The number of hydrogen-bond acceptors (Lipinski definition) is 3. The lowest BCUT2D eigenvalue weighted by atomic mass is 9.77. The highest BCUT2D eigenvalue weighted by Gasteiger charge is 2.37. The fourth-order valence-corrected chi connectivity index (χ4v) is 4.18. The third kappa shape index (κ3) is 3.65. The molecule has 4 heteroatoms. The molecule has 0 aliphatic carbocycles. The molecular formula is C22H28N2O2. The van der Waals surface area contributed by atoms with E-state index in [9.17, 15) is 9.90 Å². The Morgan fingerprint density at radius 1 is 1.27 bits per heavy atom. The highest BCUT2D eigenvalue weighted by atomic mass is 16.3. The van der Waals surface area contributed by atoms with E-state index in [1.165, 1.54) is 0 Å². The SMILES string of the molecule is CCC[C@@]1(CO)CCCN(C(=O)c2c(-c3ccccc3)ccnc2C)C1. The number of hydrogen-bond donors (Lipinski definition) is 1. The molecule has 0 saturated carbocycles. The summed E-state index contributed by atoms with van der Waals surface area (Å²) >= 11 is 0. The number of likely N-dealkylation sites (tertiary alicyclic amines) is 1. The minimum absolute atomic E-state index is 0.0306. The van der Waals surface area contributed by atoms with Gasteiger partial charge in [-0.3, -0.25) is 9.78 Å². The van der Waals surface area contributed by atoms with E-state index in [1.54, 1.807) is 6.20 Å². The highest BCUT2D eigenvalue weighted by Crippen LogP contribution is 2.36. The second-order valence-corrected chi connectivity index (χ2v) is 7.42. The van der Waals surface area contributed by atoms with Crippen molar-refractivity contribution in [3.63, 3.8) is 0 Å². The minimum atomic E-state index is -0.161. The first-order valence-electron chi connectivity index (χ1n) is 9.51. The molecule has 3 rings (SSSR count). The van der Waals surface area contributed by atoms with Gasteiger partial charge in [-0.05, 0) is 43.4 Å². The zero-order valence-corrected chi connectivity index (χ0v) is 15.7. The van der Waals surface area contributed by atoms with Crippen LogP contribution in [0.1, 0.15) is 48.7 Å². The second-order valence-electron chi connectivity index (χ2n) is 7.42. The fourth-order valence-electron chi connectivity index (χ4n) is 4.18. The van der Waals surface area contributed by atoms with E-state index in [0.29, 0.717) is 12.1 Å². The van der Waals surface area contributed by atoms with E-state index < -0.39 is 0 Å². The summed E-state index contributed by atoms with van der Waals surface area (Å²) in [5.74, 6) is 0.0306. The maximum absolute atomic E-state index is 13.4. The molecule has 1 aliphatic rings. The van der Waals surface area contributed by atoms with Crippen molar-refractivity contribution in [1.82, 2.24) is 9.88 Å². The predicted molar refractivity (Wildman–Crippen MR) is 104 cm³/mol. The second kappa shape index (κ2) is 8.00. The van der Waals surface area contributed by atoms with E-state index in [1.807, 2.05) is 48.2 Å². The van der Waals surface area contributed by atoms with Gasteiger partial charge in [-0.25, -0.2) is 0 Å². The Bertz CT molecular complexity index is 756. The molecule has 1 aromatic heterocycles. The molecule has 0 radical (unpaired) electrons. The molecule has 1 N–H and O–H groups in total. The molecule has 1 aromatic carbocycles. The van der Waals surface area contributed by atoms with Crippen LogP contribution in [-0.2, 0) is 0 Å². The number of piperidine rings is 1. The fraction of sp³-hybridized carbons (Fsp3) is 0.455. The number of rotatable bonds is 5. The van der Waals surface area contributed by atoms with Crippen molar-refractivity contribution in [2.24, 2.45) is 5.41 Å². The Labute approximate surface area is 155 Å². The van der Waals surface area contributed by atoms with Crippen molar-refractivity contribution >= 4 is 5.91 Å². The first-order chi connectivity index (χ1) is 12.6. The Morgan fingerprint density at radius 2 is 2.04 bits per heavy atom. The number of aromatic nitrogens is 1. The summed E-state index contributed by atoms with van der Waals surface area (Å²) in [5, 5.41) is 9.98. The standard InChI is InChI=1S/C22H28N2O2/c1-3-11-22(16-25)12-7-14-24(15-22)21(26)20-17(2)23-13-10-19(20)18-8-5-4-6-9-18/h4-6,8-10,13,25H,3,7,11-12,14-16H2,1-2H3/t22-/m1/s1. The van der Waals surface area contributed by atoms with Crippen LogP contribution in [0.15, 0.2) is 42.6 Å². The van der Waals surface area contributed by atoms with Gasteiger partial charge < -0.3 is 10.0 Å². The monoisotopic (exact) mass is 352 g/mol. The summed E-state index contributed by atoms with van der Waals surface area (Å²) in [5.41, 5.74) is 3.24. The third-order valence-corrected chi connectivity index (χ3v) is 5.50. The van der Waals surface area contributed by atoms with E-state index in [0.717, 1.165) is 49.0 Å². The van der Waals surface area contributed by atoms with Crippen LogP contribution in [0, 0.1) is 12.3 Å². The van der Waals surface area contributed by atoms with Crippen molar-refractivity contribution in [2.75, 3.05) is 19.7 Å². The molecule has 2 heterocycles. The van der Waals surface area contributed by atoms with Crippen molar-refractivity contribution in [3.05, 3.63) is 53.9 Å². The molecule has 0 unspecified atom stereocenters. The van der Waals surface area contributed by atoms with Crippen LogP contribution < -0.4 is 0 Å². The van der Waals surface area contributed by atoms with Gasteiger partial charge in [-0.1, -0.05) is 43.7 Å². The van der Waals surface area contributed by atoms with Crippen LogP contribution in [0.25, 0.3) is 11.1 Å². The summed E-state index contributed by atoms with van der Waals surface area (Å²) in [6.07, 6.45) is 5.65. The molecule has 0 spiro atoms. The average Bonchev–Trinajstić information content (AvgIpc) is 2.68. The van der Waals surface area contributed by atoms with Gasteiger partial charge in [0.1, 0.15) is 0 Å². The summed E-state index contributed by atoms with van der Waals surface area (Å²) < 4.78 is 0. The zero-order chi connectivity index (χ0) is 18.6. The van der Waals surface area contributed by atoms with E-state index in [-0.39, 0.29) is 17.9 Å². The first-order valence-corrected chi connectivity index (χ1v) is 9.51. The molecule has 138 valence electrons. The average molecular weight is 352 g/mol. The number of carbonyl (C=O) groups is 1. The van der Waals surface area contributed by atoms with Gasteiger partial charge in [0.05, 0.1) is 17.9 Å². The third-order valence-electron chi connectivity index (χ3n) is 5.50. The minimum Gasteiger partial charge on any atom is -0.396 e. The number of carbonyl (C=O) groups excluding carboxylic acids is 1. The van der Waals surface area contributed by atoms with Crippen LogP contribution in [0.4, 0.5) is 0 Å². The van der Waals surface area contributed by atoms with Crippen molar-refractivity contribution in [3.8, 4) is 11.1 Å². The smallest absolute Gasteiger partial charge is 0.256 e. The van der Waals surface area contributed by atoms with Gasteiger partial charge >= 0.3 is 0 Å². The Morgan fingerprint density at radius 3 is 2.73 bits per heavy atom. The number of aryl methyl sites for hydroxylation is 1. The quantitative estimate of drug-likeness (QED) is 0.882. The Balaban J connectivity index is 1.95. The lowest BCUT2D eigenvalue weighted by molar-refractivity contribution is 0.0222. The Kier molecular flexibility index (Phi) is 5.72. The van der Waals surface area contributed by atoms with Gasteiger partial charge in [-0.15, -0.1) is 0 Å². The molecule has 2 aromatic rings. The maximum Gasteiger partial charge on any atom is 0.256 e. The number of aliphatic hydroxyl groups excluding tert-OH is 1. The van der Waals surface area contributed by atoms with Gasteiger partial charge in [-0.2, -0.15) is 0 Å². The summed E-state index contributed by atoms with van der Waals surface area (Å²) in [6.45, 7) is 5.54. The number of aliphatic hydroxyl groups is 1. The number of benzene rings is 1. The van der Waals surface area contributed by atoms with Crippen LogP contribution in [0.3, 0.4) is 0 Å². The maximum atomic E-state index is 13.4. The van der Waals surface area contributed by atoms with Gasteiger partial charge in [0, 0.05) is 24.7 Å².